The molecule has 1 aromatic carbocycles. The lowest BCUT2D eigenvalue weighted by Gasteiger charge is -2.09. The van der Waals surface area contributed by atoms with Gasteiger partial charge in [0.15, 0.2) is 0 Å². The van der Waals surface area contributed by atoms with Crippen molar-refractivity contribution in [3.63, 3.8) is 0 Å². The minimum atomic E-state index is 0.00523. The van der Waals surface area contributed by atoms with Crippen molar-refractivity contribution in [1.29, 1.82) is 0 Å². The number of rotatable bonds is 2. The largest absolute Gasteiger partial charge is 0.347 e. The lowest BCUT2D eigenvalue weighted by atomic mass is 10.3. The number of carbonyl (C=O) groups is 1. The molecule has 0 saturated carbocycles. The fourth-order valence-electron chi connectivity index (χ4n) is 1.30. The van der Waals surface area contributed by atoms with Gasteiger partial charge in [-0.2, -0.15) is 0 Å². The molecule has 2 aromatic rings. The molecule has 1 amide bonds. The smallest absolute Gasteiger partial charge is 0.243 e. The van der Waals surface area contributed by atoms with Gasteiger partial charge in [-0.15, -0.1) is 5.10 Å². The van der Waals surface area contributed by atoms with E-state index >= 15 is 0 Å². The van der Waals surface area contributed by atoms with Gasteiger partial charge < -0.3 is 4.90 Å². The molecule has 0 bridgehead atoms. The first kappa shape index (κ1) is 9.64. The monoisotopic (exact) mass is 204 g/mol. The summed E-state index contributed by atoms with van der Waals surface area (Å²) in [5.74, 6) is 0.00523. The highest BCUT2D eigenvalue weighted by Gasteiger charge is 2.09. The van der Waals surface area contributed by atoms with Crippen molar-refractivity contribution in [1.82, 2.24) is 19.9 Å². The summed E-state index contributed by atoms with van der Waals surface area (Å²) in [6.07, 6.45) is 0. The van der Waals surface area contributed by atoms with Crippen LogP contribution in [0.1, 0.15) is 0 Å². The van der Waals surface area contributed by atoms with E-state index in [4.69, 9.17) is 0 Å². The van der Waals surface area contributed by atoms with Gasteiger partial charge in [-0.3, -0.25) is 4.79 Å². The summed E-state index contributed by atoms with van der Waals surface area (Å²) in [6, 6.07) is 7.58. The summed E-state index contributed by atoms with van der Waals surface area (Å²) >= 11 is 0. The van der Waals surface area contributed by atoms with Crippen LogP contribution in [0.4, 0.5) is 0 Å². The summed E-state index contributed by atoms with van der Waals surface area (Å²) < 4.78 is 1.61. The first-order valence-corrected chi connectivity index (χ1v) is 4.67. The normalized spacial score (nSPS) is 10.5. The van der Waals surface area contributed by atoms with Crippen molar-refractivity contribution in [2.24, 2.45) is 0 Å². The minimum absolute atomic E-state index is 0.00523. The molecule has 0 aliphatic heterocycles. The molecule has 0 aliphatic rings. The molecule has 0 radical (unpaired) electrons. The Bertz CT molecular complexity index is 489. The van der Waals surface area contributed by atoms with Crippen LogP contribution in [-0.2, 0) is 11.3 Å². The first-order chi connectivity index (χ1) is 7.18. The summed E-state index contributed by atoms with van der Waals surface area (Å²) in [5.41, 5.74) is 1.69. The van der Waals surface area contributed by atoms with Gasteiger partial charge >= 0.3 is 0 Å². The predicted octanol–water partition coefficient (Wildman–Crippen LogP) is 0.519. The number of para-hydroxylation sites is 1. The van der Waals surface area contributed by atoms with E-state index in [1.165, 1.54) is 4.90 Å². The molecule has 0 N–H and O–H groups in total. The highest BCUT2D eigenvalue weighted by molar-refractivity contribution is 5.79. The number of fused-ring (bicyclic) bond motifs is 1. The van der Waals surface area contributed by atoms with E-state index in [0.29, 0.717) is 0 Å². The molecule has 78 valence electrons. The van der Waals surface area contributed by atoms with Crippen LogP contribution < -0.4 is 0 Å². The summed E-state index contributed by atoms with van der Waals surface area (Å²) in [4.78, 5) is 13.0. The highest BCUT2D eigenvalue weighted by atomic mass is 16.2. The molecule has 0 unspecified atom stereocenters. The lowest BCUT2D eigenvalue weighted by Crippen LogP contribution is -2.26. The fraction of sp³-hybridized carbons (Fsp3) is 0.300. The second-order valence-corrected chi connectivity index (χ2v) is 3.52. The van der Waals surface area contributed by atoms with Gasteiger partial charge in [0.05, 0.1) is 5.52 Å². The minimum Gasteiger partial charge on any atom is -0.347 e. The molecule has 5 nitrogen and oxygen atoms in total. The number of carbonyl (C=O) groups excluding carboxylic acids is 1. The van der Waals surface area contributed by atoms with Crippen LogP contribution in [0.5, 0.6) is 0 Å². The van der Waals surface area contributed by atoms with Gasteiger partial charge in [-0.05, 0) is 12.1 Å². The quantitative estimate of drug-likeness (QED) is 0.716. The Kier molecular flexibility index (Phi) is 2.37. The van der Waals surface area contributed by atoms with Crippen molar-refractivity contribution in [2.75, 3.05) is 14.1 Å². The van der Waals surface area contributed by atoms with Crippen molar-refractivity contribution >= 4 is 16.9 Å². The van der Waals surface area contributed by atoms with Crippen LogP contribution in [0.2, 0.25) is 0 Å². The third-order valence-corrected chi connectivity index (χ3v) is 2.20. The lowest BCUT2D eigenvalue weighted by molar-refractivity contribution is -0.129. The third kappa shape index (κ3) is 1.81. The zero-order valence-corrected chi connectivity index (χ0v) is 8.71. The average Bonchev–Trinajstić information content (AvgIpc) is 2.62. The van der Waals surface area contributed by atoms with Crippen LogP contribution in [0.25, 0.3) is 11.0 Å². The Balaban J connectivity index is 2.33. The van der Waals surface area contributed by atoms with E-state index in [0.717, 1.165) is 11.0 Å². The molecule has 0 saturated heterocycles. The molecule has 5 heteroatoms. The van der Waals surface area contributed by atoms with Gasteiger partial charge in [0.2, 0.25) is 5.91 Å². The zero-order chi connectivity index (χ0) is 10.8. The summed E-state index contributed by atoms with van der Waals surface area (Å²) in [7, 11) is 3.45. The van der Waals surface area contributed by atoms with E-state index in [1.54, 1.807) is 18.8 Å². The predicted molar refractivity (Wildman–Crippen MR) is 56.2 cm³/mol. The molecule has 0 atom stereocenters. The van der Waals surface area contributed by atoms with E-state index in [1.807, 2.05) is 24.3 Å². The van der Waals surface area contributed by atoms with E-state index < -0.39 is 0 Å². The van der Waals surface area contributed by atoms with Gasteiger partial charge in [0.25, 0.3) is 0 Å². The van der Waals surface area contributed by atoms with E-state index in [-0.39, 0.29) is 12.5 Å². The third-order valence-electron chi connectivity index (χ3n) is 2.20. The molecular weight excluding hydrogens is 192 g/mol. The number of nitrogens with zero attached hydrogens (tertiary/aromatic N) is 4. The topological polar surface area (TPSA) is 51.0 Å². The van der Waals surface area contributed by atoms with Crippen LogP contribution in [-0.4, -0.2) is 39.9 Å². The van der Waals surface area contributed by atoms with Crippen molar-refractivity contribution in [3.8, 4) is 0 Å². The molecule has 0 spiro atoms. The number of aromatic nitrogens is 3. The van der Waals surface area contributed by atoms with Gasteiger partial charge in [-0.1, -0.05) is 17.3 Å². The number of hydrogen-bond donors (Lipinski definition) is 0. The Labute approximate surface area is 87.3 Å². The van der Waals surface area contributed by atoms with Crippen LogP contribution in [0.3, 0.4) is 0 Å². The number of hydrogen-bond acceptors (Lipinski definition) is 3. The molecule has 15 heavy (non-hydrogen) atoms. The zero-order valence-electron chi connectivity index (χ0n) is 8.71. The maximum absolute atomic E-state index is 11.5. The Hall–Kier alpha value is -1.91. The number of benzene rings is 1. The van der Waals surface area contributed by atoms with E-state index in [9.17, 15) is 4.79 Å². The van der Waals surface area contributed by atoms with Crippen molar-refractivity contribution in [3.05, 3.63) is 24.3 Å². The second kappa shape index (κ2) is 3.68. The maximum Gasteiger partial charge on any atom is 0.243 e. The second-order valence-electron chi connectivity index (χ2n) is 3.52. The molecule has 0 aliphatic carbocycles. The van der Waals surface area contributed by atoms with Crippen LogP contribution >= 0.6 is 0 Å². The molecule has 0 fully saturated rings. The molecular formula is C10H12N4O. The number of likely N-dealkylation sites (N-methyl/N-ethyl adjacent to an activating group) is 1. The molecule has 1 heterocycles. The number of amides is 1. The van der Waals surface area contributed by atoms with Crippen molar-refractivity contribution < 1.29 is 4.79 Å². The van der Waals surface area contributed by atoms with Gasteiger partial charge in [-0.25, -0.2) is 4.68 Å². The van der Waals surface area contributed by atoms with Gasteiger partial charge in [0.1, 0.15) is 12.1 Å². The Morgan fingerprint density at radius 2 is 2.13 bits per heavy atom. The Morgan fingerprint density at radius 1 is 1.40 bits per heavy atom. The average molecular weight is 204 g/mol. The summed E-state index contributed by atoms with van der Waals surface area (Å²) in [6.45, 7) is 0.230. The molecule has 2 rings (SSSR count). The van der Waals surface area contributed by atoms with Crippen LogP contribution in [0.15, 0.2) is 24.3 Å². The summed E-state index contributed by atoms with van der Waals surface area (Å²) in [5, 5.41) is 7.91. The molecule has 1 aromatic heterocycles. The fourth-order valence-corrected chi connectivity index (χ4v) is 1.30. The van der Waals surface area contributed by atoms with E-state index in [2.05, 4.69) is 10.3 Å². The SMILES string of the molecule is CN(C)C(=O)Cn1nnc2ccccc21. The first-order valence-electron chi connectivity index (χ1n) is 4.67. The van der Waals surface area contributed by atoms with Crippen LogP contribution in [0, 0.1) is 0 Å². The van der Waals surface area contributed by atoms with Crippen molar-refractivity contribution in [2.45, 2.75) is 6.54 Å². The maximum atomic E-state index is 11.5. The van der Waals surface area contributed by atoms with Gasteiger partial charge in [0, 0.05) is 14.1 Å². The standard InChI is InChI=1S/C10H12N4O/c1-13(2)10(15)7-14-9-6-4-3-5-8(9)11-12-14/h3-6H,7H2,1-2H3. The Morgan fingerprint density at radius 3 is 2.87 bits per heavy atom. The highest BCUT2D eigenvalue weighted by Crippen LogP contribution is 2.09.